The van der Waals surface area contributed by atoms with Crippen LogP contribution < -0.4 is 5.32 Å². The summed E-state index contributed by atoms with van der Waals surface area (Å²) < 4.78 is 18.5. The fourth-order valence-electron chi connectivity index (χ4n) is 2.36. The molecule has 102 valence electrons. The van der Waals surface area contributed by atoms with Crippen LogP contribution in [0.1, 0.15) is 26.3 Å². The summed E-state index contributed by atoms with van der Waals surface area (Å²) in [6.07, 6.45) is 0.930. The van der Waals surface area contributed by atoms with Crippen LogP contribution in [0.4, 0.5) is 4.39 Å². The first-order chi connectivity index (χ1) is 8.38. The average Bonchev–Trinajstić information content (AvgIpc) is 2.29. The van der Waals surface area contributed by atoms with Gasteiger partial charge in [-0.25, -0.2) is 4.39 Å². The monoisotopic (exact) mass is 253 g/mol. The summed E-state index contributed by atoms with van der Waals surface area (Å²) in [5.74, 6) is -0.195. The third-order valence-corrected chi connectivity index (χ3v) is 3.21. The van der Waals surface area contributed by atoms with Gasteiger partial charge in [0.25, 0.3) is 0 Å². The summed E-state index contributed by atoms with van der Waals surface area (Å²) in [5.41, 5.74) is 1.17. The Labute approximate surface area is 110 Å². The number of hydrogen-bond acceptors (Lipinski definition) is 2. The van der Waals surface area contributed by atoms with Gasteiger partial charge in [0.05, 0.1) is 6.10 Å². The first kappa shape index (κ1) is 15.1. The second-order valence-electron chi connectivity index (χ2n) is 5.75. The Kier molecular flexibility index (Phi) is 5.29. The molecule has 0 saturated carbocycles. The van der Waals surface area contributed by atoms with Gasteiger partial charge in [-0.3, -0.25) is 0 Å². The summed E-state index contributed by atoms with van der Waals surface area (Å²) in [5, 5.41) is 3.30. The van der Waals surface area contributed by atoms with E-state index in [0.717, 1.165) is 12.0 Å². The highest BCUT2D eigenvalue weighted by atomic mass is 19.1. The molecule has 0 amide bonds. The van der Waals surface area contributed by atoms with E-state index >= 15 is 0 Å². The van der Waals surface area contributed by atoms with E-state index in [1.54, 1.807) is 7.11 Å². The van der Waals surface area contributed by atoms with Crippen molar-refractivity contribution < 1.29 is 9.13 Å². The summed E-state index contributed by atoms with van der Waals surface area (Å²) in [7, 11) is 3.68. The molecule has 2 atom stereocenters. The highest BCUT2D eigenvalue weighted by Gasteiger charge is 2.31. The number of methoxy groups -OCH3 is 1. The molecule has 0 bridgehead atoms. The molecule has 0 fully saturated rings. The van der Waals surface area contributed by atoms with Crippen LogP contribution in [-0.2, 0) is 11.2 Å². The van der Waals surface area contributed by atoms with Crippen LogP contribution in [0.5, 0.6) is 0 Å². The maximum Gasteiger partial charge on any atom is 0.123 e. The average molecular weight is 253 g/mol. The molecular formula is C15H24FNO. The lowest BCUT2D eigenvalue weighted by Crippen LogP contribution is -2.47. The topological polar surface area (TPSA) is 21.3 Å². The quantitative estimate of drug-likeness (QED) is 0.871. The molecule has 1 rings (SSSR count). The van der Waals surface area contributed by atoms with Crippen molar-refractivity contribution in [2.24, 2.45) is 5.41 Å². The second kappa shape index (κ2) is 6.30. The van der Waals surface area contributed by atoms with Crippen molar-refractivity contribution in [3.8, 4) is 0 Å². The normalized spacial score (nSPS) is 15.4. The summed E-state index contributed by atoms with van der Waals surface area (Å²) >= 11 is 0. The third-order valence-electron chi connectivity index (χ3n) is 3.21. The van der Waals surface area contributed by atoms with E-state index in [9.17, 15) is 4.39 Å². The van der Waals surface area contributed by atoms with Crippen molar-refractivity contribution in [1.29, 1.82) is 0 Å². The van der Waals surface area contributed by atoms with Crippen LogP contribution in [0.15, 0.2) is 24.3 Å². The van der Waals surface area contributed by atoms with Gasteiger partial charge in [0.15, 0.2) is 0 Å². The van der Waals surface area contributed by atoms with E-state index in [1.165, 1.54) is 12.1 Å². The summed E-state index contributed by atoms with van der Waals surface area (Å²) in [6.45, 7) is 6.49. The van der Waals surface area contributed by atoms with Gasteiger partial charge in [0.2, 0.25) is 0 Å². The standard InChI is InChI=1S/C15H24FNO/c1-15(2,3)14(18-5)13(17-4)10-11-6-8-12(16)9-7-11/h6-9,13-14,17H,10H2,1-5H3. The molecule has 2 unspecified atom stereocenters. The first-order valence-corrected chi connectivity index (χ1v) is 6.33. The minimum atomic E-state index is -0.195. The van der Waals surface area contributed by atoms with Crippen molar-refractivity contribution in [3.05, 3.63) is 35.6 Å². The van der Waals surface area contributed by atoms with Crippen LogP contribution in [0, 0.1) is 11.2 Å². The Balaban J connectivity index is 2.80. The molecule has 0 heterocycles. The van der Waals surface area contributed by atoms with Crippen LogP contribution in [-0.4, -0.2) is 26.3 Å². The molecule has 0 aliphatic carbocycles. The van der Waals surface area contributed by atoms with Gasteiger partial charge in [0, 0.05) is 13.2 Å². The molecule has 0 radical (unpaired) electrons. The SMILES string of the molecule is CNC(Cc1ccc(F)cc1)C(OC)C(C)(C)C. The minimum absolute atomic E-state index is 0.0580. The van der Waals surface area contributed by atoms with Crippen LogP contribution in [0.2, 0.25) is 0 Å². The van der Waals surface area contributed by atoms with Crippen molar-refractivity contribution >= 4 is 0 Å². The molecule has 1 N–H and O–H groups in total. The molecule has 1 aromatic carbocycles. The van der Waals surface area contributed by atoms with Crippen molar-refractivity contribution in [2.45, 2.75) is 39.3 Å². The molecule has 0 spiro atoms. The first-order valence-electron chi connectivity index (χ1n) is 6.33. The predicted molar refractivity (Wildman–Crippen MR) is 73.2 cm³/mol. The molecule has 0 saturated heterocycles. The van der Waals surface area contributed by atoms with E-state index in [0.29, 0.717) is 0 Å². The highest BCUT2D eigenvalue weighted by Crippen LogP contribution is 2.26. The molecule has 18 heavy (non-hydrogen) atoms. The zero-order valence-electron chi connectivity index (χ0n) is 12.0. The molecule has 0 aliphatic rings. The molecule has 1 aromatic rings. The predicted octanol–water partition coefficient (Wildman–Crippen LogP) is 3.02. The number of ether oxygens (including phenoxy) is 1. The molecule has 3 heteroatoms. The molecule has 0 aromatic heterocycles. The Morgan fingerprint density at radius 3 is 2.17 bits per heavy atom. The smallest absolute Gasteiger partial charge is 0.123 e. The fourth-order valence-corrected chi connectivity index (χ4v) is 2.36. The van der Waals surface area contributed by atoms with Crippen LogP contribution in [0.3, 0.4) is 0 Å². The number of hydrogen-bond donors (Lipinski definition) is 1. The van der Waals surface area contributed by atoms with Crippen LogP contribution >= 0.6 is 0 Å². The lowest BCUT2D eigenvalue weighted by molar-refractivity contribution is -0.00921. The Morgan fingerprint density at radius 1 is 1.22 bits per heavy atom. The van der Waals surface area contributed by atoms with Gasteiger partial charge in [-0.05, 0) is 36.6 Å². The largest absolute Gasteiger partial charge is 0.379 e. The minimum Gasteiger partial charge on any atom is -0.379 e. The highest BCUT2D eigenvalue weighted by molar-refractivity contribution is 5.17. The van der Waals surface area contributed by atoms with E-state index in [2.05, 4.69) is 26.1 Å². The van der Waals surface area contributed by atoms with Crippen molar-refractivity contribution in [1.82, 2.24) is 5.32 Å². The van der Waals surface area contributed by atoms with Gasteiger partial charge in [-0.1, -0.05) is 32.9 Å². The lowest BCUT2D eigenvalue weighted by atomic mass is 9.82. The Hall–Kier alpha value is -0.930. The number of halogens is 1. The number of rotatable bonds is 5. The second-order valence-corrected chi connectivity index (χ2v) is 5.75. The van der Waals surface area contributed by atoms with E-state index in [-0.39, 0.29) is 23.4 Å². The van der Waals surface area contributed by atoms with Gasteiger partial charge in [0.1, 0.15) is 5.82 Å². The lowest BCUT2D eigenvalue weighted by Gasteiger charge is -2.36. The molecule has 0 aliphatic heterocycles. The van der Waals surface area contributed by atoms with Gasteiger partial charge in [-0.2, -0.15) is 0 Å². The summed E-state index contributed by atoms with van der Waals surface area (Å²) in [6, 6.07) is 6.87. The fraction of sp³-hybridized carbons (Fsp3) is 0.600. The van der Waals surface area contributed by atoms with E-state index in [4.69, 9.17) is 4.74 Å². The maximum atomic E-state index is 12.9. The van der Waals surface area contributed by atoms with Crippen molar-refractivity contribution in [2.75, 3.05) is 14.2 Å². The molecule has 2 nitrogen and oxygen atoms in total. The number of likely N-dealkylation sites (N-methyl/N-ethyl adjacent to an activating group) is 1. The van der Waals surface area contributed by atoms with Gasteiger partial charge in [-0.15, -0.1) is 0 Å². The molecular weight excluding hydrogens is 229 g/mol. The van der Waals surface area contributed by atoms with E-state index in [1.807, 2.05) is 19.2 Å². The third kappa shape index (κ3) is 4.07. The zero-order chi connectivity index (χ0) is 13.8. The van der Waals surface area contributed by atoms with Gasteiger partial charge >= 0.3 is 0 Å². The van der Waals surface area contributed by atoms with Gasteiger partial charge < -0.3 is 10.1 Å². The maximum absolute atomic E-state index is 12.9. The zero-order valence-corrected chi connectivity index (χ0v) is 12.0. The van der Waals surface area contributed by atoms with Crippen LogP contribution in [0.25, 0.3) is 0 Å². The summed E-state index contributed by atoms with van der Waals surface area (Å²) in [4.78, 5) is 0. The van der Waals surface area contributed by atoms with E-state index < -0.39 is 0 Å². The Morgan fingerprint density at radius 2 is 1.78 bits per heavy atom. The number of benzene rings is 1. The van der Waals surface area contributed by atoms with Crippen molar-refractivity contribution in [3.63, 3.8) is 0 Å². The Bertz CT molecular complexity index is 356. The number of nitrogens with one attached hydrogen (secondary N) is 1.